The number of anilines is 1. The van der Waals surface area contributed by atoms with Gasteiger partial charge in [-0.1, -0.05) is 6.07 Å². The molecule has 3 aromatic rings. The van der Waals surface area contributed by atoms with Gasteiger partial charge in [-0.2, -0.15) is 5.10 Å². The number of hydrogen-bond acceptors (Lipinski definition) is 3. The number of rotatable bonds is 2. The fourth-order valence-corrected chi connectivity index (χ4v) is 2.71. The summed E-state index contributed by atoms with van der Waals surface area (Å²) in [5.74, 6) is 1.70. The topological polar surface area (TPSA) is 61.7 Å². The molecule has 0 aliphatic heterocycles. The first-order valence-corrected chi connectivity index (χ1v) is 6.75. The Labute approximate surface area is 118 Å². The van der Waals surface area contributed by atoms with Crippen LogP contribution in [0.1, 0.15) is 25.7 Å². The maximum atomic E-state index is 6.04. The summed E-state index contributed by atoms with van der Waals surface area (Å²) < 4.78 is 3.92. The molecule has 0 amide bonds. The molecular weight excluding hydrogens is 250 g/mol. The molecule has 0 bridgehead atoms. The SMILES string of the molecule is Cc1nc2cc(-c3cnn(C)c3N)ccc2n1C(C)C. The lowest BCUT2D eigenvalue weighted by atomic mass is 10.1. The average Bonchev–Trinajstić information content (AvgIpc) is 2.89. The minimum absolute atomic E-state index is 0.398. The third-order valence-electron chi connectivity index (χ3n) is 3.68. The summed E-state index contributed by atoms with van der Waals surface area (Å²) in [7, 11) is 1.84. The average molecular weight is 269 g/mol. The van der Waals surface area contributed by atoms with Gasteiger partial charge in [0.1, 0.15) is 11.6 Å². The first-order valence-electron chi connectivity index (χ1n) is 6.75. The molecule has 0 spiro atoms. The zero-order valence-corrected chi connectivity index (χ0v) is 12.3. The predicted octanol–water partition coefficient (Wildman–Crippen LogP) is 2.91. The second-order valence-electron chi connectivity index (χ2n) is 5.39. The number of hydrogen-bond donors (Lipinski definition) is 1. The smallest absolute Gasteiger partial charge is 0.129 e. The molecule has 0 radical (unpaired) electrons. The molecule has 104 valence electrons. The Morgan fingerprint density at radius 1 is 1.25 bits per heavy atom. The third-order valence-corrected chi connectivity index (χ3v) is 3.68. The lowest BCUT2D eigenvalue weighted by molar-refractivity contribution is 0.600. The Hall–Kier alpha value is -2.30. The summed E-state index contributed by atoms with van der Waals surface area (Å²) in [6, 6.07) is 6.66. The first-order chi connectivity index (χ1) is 9.49. The van der Waals surface area contributed by atoms with Gasteiger partial charge in [-0.05, 0) is 38.5 Å². The standard InChI is InChI=1S/C15H19N5/c1-9(2)20-10(3)18-13-7-11(5-6-14(13)20)12-8-17-19(4)15(12)16/h5-9H,16H2,1-4H3. The van der Waals surface area contributed by atoms with Crippen LogP contribution >= 0.6 is 0 Å². The Bertz CT molecular complexity index is 779. The van der Waals surface area contributed by atoms with E-state index in [1.807, 2.05) is 14.0 Å². The van der Waals surface area contributed by atoms with Crippen molar-refractivity contribution in [2.24, 2.45) is 7.05 Å². The first kappa shape index (κ1) is 12.7. The van der Waals surface area contributed by atoms with Gasteiger partial charge in [-0.25, -0.2) is 4.98 Å². The molecule has 3 rings (SSSR count). The largest absolute Gasteiger partial charge is 0.383 e. The lowest BCUT2D eigenvalue weighted by Gasteiger charge is -2.10. The molecule has 5 heteroatoms. The van der Waals surface area contributed by atoms with E-state index in [-0.39, 0.29) is 0 Å². The van der Waals surface area contributed by atoms with Gasteiger partial charge in [0, 0.05) is 18.7 Å². The van der Waals surface area contributed by atoms with Crippen molar-refractivity contribution in [2.75, 3.05) is 5.73 Å². The van der Waals surface area contributed by atoms with Crippen molar-refractivity contribution in [1.82, 2.24) is 19.3 Å². The van der Waals surface area contributed by atoms with Crippen LogP contribution in [0.2, 0.25) is 0 Å². The van der Waals surface area contributed by atoms with E-state index in [0.717, 1.165) is 28.0 Å². The van der Waals surface area contributed by atoms with Crippen molar-refractivity contribution in [3.63, 3.8) is 0 Å². The Kier molecular flexibility index (Phi) is 2.78. The monoisotopic (exact) mass is 269 g/mol. The molecule has 2 aromatic heterocycles. The summed E-state index contributed by atoms with van der Waals surface area (Å²) in [5.41, 5.74) is 10.2. The fourth-order valence-electron chi connectivity index (χ4n) is 2.71. The van der Waals surface area contributed by atoms with Crippen molar-refractivity contribution in [2.45, 2.75) is 26.8 Å². The predicted molar refractivity (Wildman–Crippen MR) is 81.5 cm³/mol. The number of imidazole rings is 1. The van der Waals surface area contributed by atoms with Gasteiger partial charge in [0.25, 0.3) is 0 Å². The van der Waals surface area contributed by atoms with Crippen LogP contribution in [0, 0.1) is 6.92 Å². The van der Waals surface area contributed by atoms with E-state index in [1.54, 1.807) is 10.9 Å². The number of nitrogens with zero attached hydrogens (tertiary/aromatic N) is 4. The van der Waals surface area contributed by atoms with Crippen LogP contribution in [0.3, 0.4) is 0 Å². The summed E-state index contributed by atoms with van der Waals surface area (Å²) in [6.45, 7) is 6.38. The Morgan fingerprint density at radius 2 is 2.00 bits per heavy atom. The van der Waals surface area contributed by atoms with Crippen LogP contribution in [-0.4, -0.2) is 19.3 Å². The molecular formula is C15H19N5. The Balaban J connectivity index is 2.19. The van der Waals surface area contributed by atoms with E-state index in [1.165, 1.54) is 0 Å². The highest BCUT2D eigenvalue weighted by Crippen LogP contribution is 2.29. The maximum absolute atomic E-state index is 6.04. The maximum Gasteiger partial charge on any atom is 0.129 e. The summed E-state index contributed by atoms with van der Waals surface area (Å²) >= 11 is 0. The van der Waals surface area contributed by atoms with Gasteiger partial charge in [-0.3, -0.25) is 4.68 Å². The van der Waals surface area contributed by atoms with Gasteiger partial charge in [0.2, 0.25) is 0 Å². The van der Waals surface area contributed by atoms with Crippen molar-refractivity contribution in [3.8, 4) is 11.1 Å². The number of nitrogen functional groups attached to an aromatic ring is 1. The normalized spacial score (nSPS) is 11.7. The van der Waals surface area contributed by atoms with Crippen LogP contribution in [0.25, 0.3) is 22.2 Å². The minimum atomic E-state index is 0.398. The van der Waals surface area contributed by atoms with Gasteiger partial charge in [0.15, 0.2) is 0 Å². The zero-order valence-electron chi connectivity index (χ0n) is 12.3. The van der Waals surface area contributed by atoms with Gasteiger partial charge < -0.3 is 10.3 Å². The summed E-state index contributed by atoms with van der Waals surface area (Å²) in [4.78, 5) is 4.65. The number of aryl methyl sites for hydroxylation is 2. The molecule has 0 saturated heterocycles. The van der Waals surface area contributed by atoms with Crippen molar-refractivity contribution in [1.29, 1.82) is 0 Å². The molecule has 0 aliphatic carbocycles. The second-order valence-corrected chi connectivity index (χ2v) is 5.39. The van der Waals surface area contributed by atoms with Crippen LogP contribution in [0.5, 0.6) is 0 Å². The molecule has 0 unspecified atom stereocenters. The molecule has 5 nitrogen and oxygen atoms in total. The Morgan fingerprint density at radius 3 is 2.60 bits per heavy atom. The molecule has 0 aliphatic rings. The lowest BCUT2D eigenvalue weighted by Crippen LogP contribution is -2.02. The molecule has 20 heavy (non-hydrogen) atoms. The molecule has 0 atom stereocenters. The van der Waals surface area contributed by atoms with Crippen molar-refractivity contribution in [3.05, 3.63) is 30.2 Å². The highest BCUT2D eigenvalue weighted by Gasteiger charge is 2.13. The third kappa shape index (κ3) is 1.78. The van der Waals surface area contributed by atoms with E-state index < -0.39 is 0 Å². The van der Waals surface area contributed by atoms with Gasteiger partial charge in [-0.15, -0.1) is 0 Å². The van der Waals surface area contributed by atoms with Crippen LogP contribution in [0.4, 0.5) is 5.82 Å². The van der Waals surface area contributed by atoms with Gasteiger partial charge in [0.05, 0.1) is 17.2 Å². The molecule has 0 fully saturated rings. The van der Waals surface area contributed by atoms with E-state index in [2.05, 4.69) is 46.7 Å². The minimum Gasteiger partial charge on any atom is -0.383 e. The number of aromatic nitrogens is 4. The fraction of sp³-hybridized carbons (Fsp3) is 0.333. The van der Waals surface area contributed by atoms with E-state index >= 15 is 0 Å². The highest BCUT2D eigenvalue weighted by atomic mass is 15.3. The molecule has 0 saturated carbocycles. The van der Waals surface area contributed by atoms with Crippen LogP contribution < -0.4 is 5.73 Å². The second kappa shape index (κ2) is 4.37. The van der Waals surface area contributed by atoms with Crippen LogP contribution in [-0.2, 0) is 7.05 Å². The van der Waals surface area contributed by atoms with Crippen LogP contribution in [0.15, 0.2) is 24.4 Å². The number of fused-ring (bicyclic) bond motifs is 1. The zero-order chi connectivity index (χ0) is 14.4. The molecule has 1 aromatic carbocycles. The van der Waals surface area contributed by atoms with E-state index in [9.17, 15) is 0 Å². The van der Waals surface area contributed by atoms with Gasteiger partial charge >= 0.3 is 0 Å². The molecule has 2 heterocycles. The van der Waals surface area contributed by atoms with E-state index in [4.69, 9.17) is 5.73 Å². The summed E-state index contributed by atoms with van der Waals surface area (Å²) in [5, 5.41) is 4.19. The van der Waals surface area contributed by atoms with E-state index in [0.29, 0.717) is 11.9 Å². The number of benzene rings is 1. The van der Waals surface area contributed by atoms with Crippen molar-refractivity contribution >= 4 is 16.9 Å². The highest BCUT2D eigenvalue weighted by molar-refractivity contribution is 5.85. The van der Waals surface area contributed by atoms with Crippen molar-refractivity contribution < 1.29 is 0 Å². The summed E-state index contributed by atoms with van der Waals surface area (Å²) in [6.07, 6.45) is 1.79. The molecule has 2 N–H and O–H groups in total. The number of nitrogens with two attached hydrogens (primary N) is 1. The quantitative estimate of drug-likeness (QED) is 0.778.